The maximum absolute atomic E-state index is 11.6. The summed E-state index contributed by atoms with van der Waals surface area (Å²) >= 11 is 0. The Kier molecular flexibility index (Phi) is 2.97. The number of hydrogen-bond donors (Lipinski definition) is 2. The zero-order valence-electron chi connectivity index (χ0n) is 9.60. The zero-order valence-corrected chi connectivity index (χ0v) is 9.60. The molecule has 0 amide bonds. The first-order valence-corrected chi connectivity index (χ1v) is 5.11. The summed E-state index contributed by atoms with van der Waals surface area (Å²) in [4.78, 5) is 15.7. The van der Waals surface area contributed by atoms with Crippen molar-refractivity contribution in [1.29, 1.82) is 0 Å². The van der Waals surface area contributed by atoms with Crippen LogP contribution in [-0.4, -0.2) is 34.6 Å². The highest BCUT2D eigenvalue weighted by atomic mass is 16.5. The first kappa shape index (κ1) is 11.4. The summed E-state index contributed by atoms with van der Waals surface area (Å²) in [7, 11) is 3.06. The molecule has 0 atom stereocenters. The van der Waals surface area contributed by atoms with Crippen molar-refractivity contribution < 1.29 is 14.6 Å². The van der Waals surface area contributed by atoms with Crippen LogP contribution < -0.4 is 5.32 Å². The van der Waals surface area contributed by atoms with Gasteiger partial charge in [-0.15, -0.1) is 0 Å². The van der Waals surface area contributed by atoms with Crippen LogP contribution in [0.15, 0.2) is 18.3 Å². The highest BCUT2D eigenvalue weighted by Crippen LogP contribution is 2.23. The van der Waals surface area contributed by atoms with Crippen LogP contribution in [-0.2, 0) is 11.3 Å². The van der Waals surface area contributed by atoms with Gasteiger partial charge in [-0.25, -0.2) is 9.78 Å². The molecule has 2 rings (SSSR count). The van der Waals surface area contributed by atoms with Crippen LogP contribution in [0.1, 0.15) is 16.3 Å². The highest BCUT2D eigenvalue weighted by molar-refractivity contribution is 5.96. The summed E-state index contributed by atoms with van der Waals surface area (Å²) < 4.78 is 6.31. The topological polar surface area (TPSA) is 75.9 Å². The number of pyridine rings is 1. The lowest BCUT2D eigenvalue weighted by molar-refractivity contribution is 0.0596. The number of imidazole rings is 1. The van der Waals surface area contributed by atoms with Crippen molar-refractivity contribution in [3.8, 4) is 5.75 Å². The van der Waals surface area contributed by atoms with Crippen LogP contribution in [0.2, 0.25) is 0 Å². The molecule has 2 aromatic heterocycles. The number of carbonyl (C=O) groups excluding carboxylic acids is 1. The molecular formula is C11H13N3O3. The minimum atomic E-state index is -0.564. The second kappa shape index (κ2) is 4.42. The second-order valence-corrected chi connectivity index (χ2v) is 3.51. The van der Waals surface area contributed by atoms with Gasteiger partial charge in [0.05, 0.1) is 13.7 Å². The van der Waals surface area contributed by atoms with Gasteiger partial charge >= 0.3 is 5.97 Å². The van der Waals surface area contributed by atoms with E-state index in [0.717, 1.165) is 0 Å². The molecule has 2 aromatic rings. The molecular weight excluding hydrogens is 222 g/mol. The van der Waals surface area contributed by atoms with Crippen molar-refractivity contribution in [2.24, 2.45) is 0 Å². The molecule has 6 heteroatoms. The smallest absolute Gasteiger partial charge is 0.359 e. The van der Waals surface area contributed by atoms with Gasteiger partial charge in [0.25, 0.3) is 0 Å². The van der Waals surface area contributed by atoms with E-state index in [1.165, 1.54) is 13.2 Å². The minimum Gasteiger partial charge on any atom is -0.506 e. The Balaban J connectivity index is 2.71. The van der Waals surface area contributed by atoms with E-state index >= 15 is 0 Å². The van der Waals surface area contributed by atoms with Gasteiger partial charge in [0.15, 0.2) is 5.69 Å². The molecule has 90 valence electrons. The minimum absolute atomic E-state index is 0.00255. The number of carbonyl (C=O) groups is 1. The van der Waals surface area contributed by atoms with Crippen molar-refractivity contribution in [3.05, 3.63) is 29.8 Å². The number of aromatic hydroxyl groups is 1. The van der Waals surface area contributed by atoms with Gasteiger partial charge in [-0.2, -0.15) is 0 Å². The molecule has 0 radical (unpaired) electrons. The largest absolute Gasteiger partial charge is 0.506 e. The van der Waals surface area contributed by atoms with Gasteiger partial charge in [0.2, 0.25) is 0 Å². The van der Waals surface area contributed by atoms with E-state index in [9.17, 15) is 9.90 Å². The molecule has 0 aliphatic heterocycles. The number of nitrogens with zero attached hydrogens (tertiary/aromatic N) is 2. The Bertz CT molecular complexity index is 562. The molecule has 0 aromatic carbocycles. The van der Waals surface area contributed by atoms with Gasteiger partial charge in [-0.05, 0) is 19.2 Å². The Labute approximate surface area is 97.8 Å². The summed E-state index contributed by atoms with van der Waals surface area (Å²) in [6.45, 7) is 0.488. The molecule has 17 heavy (non-hydrogen) atoms. The van der Waals surface area contributed by atoms with Gasteiger partial charge in [0, 0.05) is 6.20 Å². The van der Waals surface area contributed by atoms with E-state index in [1.54, 1.807) is 23.7 Å². The van der Waals surface area contributed by atoms with E-state index in [0.29, 0.717) is 17.9 Å². The quantitative estimate of drug-likeness (QED) is 0.760. The normalized spacial score (nSPS) is 10.7. The van der Waals surface area contributed by atoms with Gasteiger partial charge < -0.3 is 15.2 Å². The molecule has 6 nitrogen and oxygen atoms in total. The fourth-order valence-corrected chi connectivity index (χ4v) is 1.71. The van der Waals surface area contributed by atoms with Gasteiger partial charge in [-0.3, -0.25) is 4.40 Å². The monoisotopic (exact) mass is 235 g/mol. The van der Waals surface area contributed by atoms with Crippen LogP contribution in [0.4, 0.5) is 0 Å². The van der Waals surface area contributed by atoms with E-state index in [1.807, 2.05) is 0 Å². The lowest BCUT2D eigenvalue weighted by Gasteiger charge is -2.01. The number of nitrogens with one attached hydrogen (secondary N) is 1. The van der Waals surface area contributed by atoms with Crippen molar-refractivity contribution in [2.45, 2.75) is 6.54 Å². The fourth-order valence-electron chi connectivity index (χ4n) is 1.71. The predicted molar refractivity (Wildman–Crippen MR) is 61.0 cm³/mol. The predicted octanol–water partition coefficient (Wildman–Crippen LogP) is 0.546. The van der Waals surface area contributed by atoms with Crippen LogP contribution in [0, 0.1) is 0 Å². The summed E-state index contributed by atoms with van der Waals surface area (Å²) in [6.07, 6.45) is 1.74. The first-order valence-electron chi connectivity index (χ1n) is 5.11. The number of esters is 1. The standard InChI is InChI=1S/C11H13N3O3/c1-12-6-8-13-9(11(16)17-2)10-7(15)4-3-5-14(8)10/h3-5,12,15H,6H2,1-2H3. The highest BCUT2D eigenvalue weighted by Gasteiger charge is 2.20. The Morgan fingerprint density at radius 3 is 3.06 bits per heavy atom. The lowest BCUT2D eigenvalue weighted by atomic mass is 10.3. The number of fused-ring (bicyclic) bond motifs is 1. The number of aromatic nitrogens is 2. The maximum Gasteiger partial charge on any atom is 0.359 e. The Morgan fingerprint density at radius 1 is 1.65 bits per heavy atom. The summed E-state index contributed by atoms with van der Waals surface area (Å²) in [5.41, 5.74) is 0.487. The van der Waals surface area contributed by atoms with E-state index < -0.39 is 5.97 Å². The summed E-state index contributed by atoms with van der Waals surface area (Å²) in [6, 6.07) is 3.19. The van der Waals surface area contributed by atoms with Crippen LogP contribution in [0.25, 0.3) is 5.52 Å². The number of hydrogen-bond acceptors (Lipinski definition) is 5. The summed E-state index contributed by atoms with van der Waals surface area (Å²) in [5, 5.41) is 12.7. The molecule has 0 fully saturated rings. The Hall–Kier alpha value is -2.08. The molecule has 0 aliphatic carbocycles. The van der Waals surface area contributed by atoms with Crippen LogP contribution in [0.3, 0.4) is 0 Å². The Morgan fingerprint density at radius 2 is 2.41 bits per heavy atom. The van der Waals surface area contributed by atoms with E-state index in [-0.39, 0.29) is 11.4 Å². The summed E-state index contributed by atoms with van der Waals surface area (Å²) in [5.74, 6) is 0.0768. The average molecular weight is 235 g/mol. The first-order chi connectivity index (χ1) is 8.19. The maximum atomic E-state index is 11.6. The lowest BCUT2D eigenvalue weighted by Crippen LogP contribution is -2.09. The van der Waals surface area contributed by atoms with Crippen molar-refractivity contribution in [1.82, 2.24) is 14.7 Å². The molecule has 0 aliphatic rings. The third-order valence-corrected chi connectivity index (χ3v) is 2.43. The van der Waals surface area contributed by atoms with Gasteiger partial charge in [-0.1, -0.05) is 0 Å². The van der Waals surface area contributed by atoms with E-state index in [2.05, 4.69) is 15.0 Å². The average Bonchev–Trinajstić information content (AvgIpc) is 2.69. The zero-order chi connectivity index (χ0) is 12.4. The molecule has 0 saturated carbocycles. The fraction of sp³-hybridized carbons (Fsp3) is 0.273. The number of methoxy groups -OCH3 is 1. The molecule has 0 bridgehead atoms. The third kappa shape index (κ3) is 1.83. The molecule has 2 N–H and O–H groups in total. The van der Waals surface area contributed by atoms with E-state index in [4.69, 9.17) is 0 Å². The van der Waals surface area contributed by atoms with Gasteiger partial charge in [0.1, 0.15) is 17.1 Å². The molecule has 0 unspecified atom stereocenters. The van der Waals surface area contributed by atoms with Crippen molar-refractivity contribution >= 4 is 11.5 Å². The number of rotatable bonds is 3. The van der Waals surface area contributed by atoms with Crippen molar-refractivity contribution in [2.75, 3.05) is 14.2 Å². The third-order valence-electron chi connectivity index (χ3n) is 2.43. The van der Waals surface area contributed by atoms with Crippen LogP contribution >= 0.6 is 0 Å². The second-order valence-electron chi connectivity index (χ2n) is 3.51. The van der Waals surface area contributed by atoms with Crippen LogP contribution in [0.5, 0.6) is 5.75 Å². The number of ether oxygens (including phenoxy) is 1. The SMILES string of the molecule is CNCc1nc(C(=O)OC)c2c(O)cccn12. The molecule has 0 spiro atoms. The molecule has 0 saturated heterocycles. The van der Waals surface area contributed by atoms with Crippen molar-refractivity contribution in [3.63, 3.8) is 0 Å². The molecule has 2 heterocycles.